The predicted molar refractivity (Wildman–Crippen MR) is 121 cm³/mol. The number of rotatable bonds is 5. The molecule has 1 N–H and O–H groups in total. The summed E-state index contributed by atoms with van der Waals surface area (Å²) in [6.07, 6.45) is 9.78. The van der Waals surface area contributed by atoms with Gasteiger partial charge in [-0.05, 0) is 39.5 Å². The molecule has 1 aliphatic heterocycles. The molecule has 8 heteroatoms. The summed E-state index contributed by atoms with van der Waals surface area (Å²) in [4.78, 5) is 35.6. The average Bonchev–Trinajstić information content (AvgIpc) is 3.39. The van der Waals surface area contributed by atoms with E-state index in [4.69, 9.17) is 0 Å². The molecule has 4 rings (SSSR count). The zero-order valence-electron chi connectivity index (χ0n) is 18.8. The molecule has 2 fully saturated rings. The number of aromatic amines is 1. The van der Waals surface area contributed by atoms with E-state index in [2.05, 4.69) is 15.2 Å². The Bertz CT molecular complexity index is 930. The summed E-state index contributed by atoms with van der Waals surface area (Å²) in [5.74, 6) is 0.307. The lowest BCUT2D eigenvalue weighted by Crippen LogP contribution is -2.41. The Hall–Kier alpha value is -2.22. The highest BCUT2D eigenvalue weighted by Crippen LogP contribution is 2.30. The Morgan fingerprint density at radius 3 is 2.68 bits per heavy atom. The maximum atomic E-state index is 13.2. The average molecular weight is 444 g/mol. The van der Waals surface area contributed by atoms with Gasteiger partial charge in [0.05, 0.1) is 34.6 Å². The van der Waals surface area contributed by atoms with Crippen molar-refractivity contribution in [2.75, 3.05) is 20.1 Å². The minimum Gasteiger partial charge on any atom is -0.342 e. The van der Waals surface area contributed by atoms with Crippen LogP contribution in [0.3, 0.4) is 0 Å². The van der Waals surface area contributed by atoms with E-state index in [1.54, 1.807) is 17.5 Å². The summed E-state index contributed by atoms with van der Waals surface area (Å²) in [7, 11) is 1.92. The number of H-pyrrole nitrogens is 1. The first kappa shape index (κ1) is 22.0. The van der Waals surface area contributed by atoms with Crippen LogP contribution in [0.25, 0.3) is 0 Å². The van der Waals surface area contributed by atoms with Crippen LogP contribution in [0.15, 0.2) is 6.20 Å². The smallest absolute Gasteiger partial charge is 0.257 e. The van der Waals surface area contributed by atoms with Crippen molar-refractivity contribution in [2.24, 2.45) is 0 Å². The number of thiazole rings is 1. The number of piperidine rings is 1. The van der Waals surface area contributed by atoms with Gasteiger partial charge in [-0.25, -0.2) is 4.98 Å². The van der Waals surface area contributed by atoms with Gasteiger partial charge in [0.15, 0.2) is 0 Å². The summed E-state index contributed by atoms with van der Waals surface area (Å²) in [5, 5.41) is 8.31. The van der Waals surface area contributed by atoms with Crippen LogP contribution in [0.4, 0.5) is 0 Å². The summed E-state index contributed by atoms with van der Waals surface area (Å²) in [5.41, 5.74) is 2.51. The van der Waals surface area contributed by atoms with E-state index in [-0.39, 0.29) is 17.7 Å². The van der Waals surface area contributed by atoms with Crippen LogP contribution in [-0.2, 0) is 11.2 Å². The fraction of sp³-hybridized carbons (Fsp3) is 0.652. The van der Waals surface area contributed by atoms with E-state index in [1.165, 1.54) is 19.3 Å². The normalized spacial score (nSPS) is 20.1. The van der Waals surface area contributed by atoms with Crippen LogP contribution in [0.5, 0.6) is 0 Å². The molecular formula is C23H33N5O2S. The van der Waals surface area contributed by atoms with Gasteiger partial charge in [0, 0.05) is 37.0 Å². The lowest BCUT2D eigenvalue weighted by molar-refractivity contribution is -0.131. The van der Waals surface area contributed by atoms with Gasteiger partial charge in [-0.15, -0.1) is 11.3 Å². The van der Waals surface area contributed by atoms with Crippen molar-refractivity contribution in [3.8, 4) is 0 Å². The lowest BCUT2D eigenvalue weighted by atomic mass is 9.91. The van der Waals surface area contributed by atoms with Crippen LogP contribution in [-0.4, -0.2) is 63.0 Å². The van der Waals surface area contributed by atoms with Crippen molar-refractivity contribution >= 4 is 23.2 Å². The third-order valence-corrected chi connectivity index (χ3v) is 7.91. The van der Waals surface area contributed by atoms with Crippen LogP contribution in [0.2, 0.25) is 0 Å². The van der Waals surface area contributed by atoms with Gasteiger partial charge in [-0.2, -0.15) is 5.10 Å². The van der Waals surface area contributed by atoms with Gasteiger partial charge < -0.3 is 9.80 Å². The zero-order valence-corrected chi connectivity index (χ0v) is 19.6. The quantitative estimate of drug-likeness (QED) is 0.761. The highest BCUT2D eigenvalue weighted by molar-refractivity contribution is 7.11. The van der Waals surface area contributed by atoms with Gasteiger partial charge in [0.25, 0.3) is 5.91 Å². The van der Waals surface area contributed by atoms with Crippen molar-refractivity contribution in [3.63, 3.8) is 0 Å². The van der Waals surface area contributed by atoms with Gasteiger partial charge in [0.1, 0.15) is 0 Å². The fourth-order valence-electron chi connectivity index (χ4n) is 5.03. The summed E-state index contributed by atoms with van der Waals surface area (Å²) >= 11 is 1.60. The molecule has 0 radical (unpaired) electrons. The molecule has 1 unspecified atom stereocenters. The van der Waals surface area contributed by atoms with Crippen molar-refractivity contribution in [3.05, 3.63) is 33.0 Å². The zero-order chi connectivity index (χ0) is 22.0. The molecular weight excluding hydrogens is 410 g/mol. The highest BCUT2D eigenvalue weighted by atomic mass is 32.1. The fourth-order valence-corrected chi connectivity index (χ4v) is 5.96. The van der Waals surface area contributed by atoms with Crippen molar-refractivity contribution < 1.29 is 9.59 Å². The second kappa shape index (κ2) is 9.51. The molecule has 1 atom stereocenters. The third kappa shape index (κ3) is 4.84. The van der Waals surface area contributed by atoms with Gasteiger partial charge in [-0.1, -0.05) is 19.3 Å². The Balaban J connectivity index is 1.44. The highest BCUT2D eigenvalue weighted by Gasteiger charge is 2.31. The molecule has 2 aliphatic rings. The number of aryl methyl sites for hydroxylation is 2. The third-order valence-electron chi connectivity index (χ3n) is 6.84. The number of carbonyl (C=O) groups is 2. The SMILES string of the molecule is Cc1nc(C)c(CC(=O)N2CCCC(c3[nH]ncc3C(=O)N(C)C3CCCCC3)C2)s1. The number of hydrogen-bond donors (Lipinski definition) is 1. The van der Waals surface area contributed by atoms with Crippen LogP contribution in [0.1, 0.15) is 82.5 Å². The number of nitrogens with one attached hydrogen (secondary N) is 1. The monoisotopic (exact) mass is 443 g/mol. The van der Waals surface area contributed by atoms with Crippen molar-refractivity contribution in [1.29, 1.82) is 0 Å². The first-order valence-corrected chi connectivity index (χ1v) is 12.3. The Kier molecular flexibility index (Phi) is 6.74. The largest absolute Gasteiger partial charge is 0.342 e. The van der Waals surface area contributed by atoms with E-state index in [0.717, 1.165) is 53.5 Å². The van der Waals surface area contributed by atoms with Crippen molar-refractivity contribution in [2.45, 2.75) is 77.2 Å². The van der Waals surface area contributed by atoms with E-state index in [0.29, 0.717) is 24.6 Å². The molecule has 2 amide bonds. The molecule has 31 heavy (non-hydrogen) atoms. The van der Waals surface area contributed by atoms with E-state index < -0.39 is 0 Å². The lowest BCUT2D eigenvalue weighted by Gasteiger charge is -2.34. The van der Waals surface area contributed by atoms with Crippen LogP contribution >= 0.6 is 11.3 Å². The Labute approximate surface area is 188 Å². The standard InChI is InChI=1S/C23H33N5O2S/c1-15-20(31-16(2)25-15)12-21(29)28-11-7-8-17(14-28)22-19(13-24-26-22)23(30)27(3)18-9-5-4-6-10-18/h13,17-18H,4-12,14H2,1-3H3,(H,24,26). The van der Waals surface area contributed by atoms with Crippen LogP contribution < -0.4 is 0 Å². The molecule has 1 saturated carbocycles. The topological polar surface area (TPSA) is 82.2 Å². The van der Waals surface area contributed by atoms with Gasteiger partial charge in [0.2, 0.25) is 5.91 Å². The Morgan fingerprint density at radius 1 is 1.19 bits per heavy atom. The maximum Gasteiger partial charge on any atom is 0.257 e. The molecule has 1 aliphatic carbocycles. The summed E-state index contributed by atoms with van der Waals surface area (Å²) in [6, 6.07) is 0.319. The number of amides is 2. The van der Waals surface area contributed by atoms with Crippen molar-refractivity contribution in [1.82, 2.24) is 25.0 Å². The summed E-state index contributed by atoms with van der Waals surface area (Å²) in [6.45, 7) is 5.34. The molecule has 0 aromatic carbocycles. The number of likely N-dealkylation sites (tertiary alicyclic amines) is 1. The van der Waals surface area contributed by atoms with E-state index >= 15 is 0 Å². The second-order valence-electron chi connectivity index (χ2n) is 9.00. The first-order chi connectivity index (χ1) is 14.9. The molecule has 2 aromatic rings. The molecule has 168 valence electrons. The predicted octanol–water partition coefficient (Wildman–Crippen LogP) is 3.84. The number of aromatic nitrogens is 3. The minimum atomic E-state index is 0.0508. The van der Waals surface area contributed by atoms with E-state index in [1.807, 2.05) is 30.7 Å². The molecule has 0 bridgehead atoms. The second-order valence-corrected chi connectivity index (χ2v) is 10.3. The number of hydrogen-bond acceptors (Lipinski definition) is 5. The summed E-state index contributed by atoms with van der Waals surface area (Å²) < 4.78 is 0. The van der Waals surface area contributed by atoms with Gasteiger partial charge >= 0.3 is 0 Å². The minimum absolute atomic E-state index is 0.0508. The molecule has 3 heterocycles. The Morgan fingerprint density at radius 2 is 1.97 bits per heavy atom. The molecule has 0 spiro atoms. The molecule has 1 saturated heterocycles. The maximum absolute atomic E-state index is 13.2. The van der Waals surface area contributed by atoms with Crippen LogP contribution in [0, 0.1) is 13.8 Å². The number of nitrogens with zero attached hydrogens (tertiary/aromatic N) is 4. The van der Waals surface area contributed by atoms with E-state index in [9.17, 15) is 9.59 Å². The van der Waals surface area contributed by atoms with Gasteiger partial charge in [-0.3, -0.25) is 14.7 Å². The number of carbonyl (C=O) groups excluding carboxylic acids is 2. The molecule has 7 nitrogen and oxygen atoms in total. The first-order valence-electron chi connectivity index (χ1n) is 11.4. The molecule has 2 aromatic heterocycles.